The largest absolute Gasteiger partial charge is 0.493 e. The van der Waals surface area contributed by atoms with Crippen molar-refractivity contribution in [3.8, 4) is 17.2 Å². The average molecular weight is 323 g/mol. The zero-order valence-corrected chi connectivity index (χ0v) is 14.2. The number of hydrogen-bond donors (Lipinski definition) is 1. The van der Waals surface area contributed by atoms with Crippen LogP contribution >= 0.6 is 0 Å². The Hall–Kier alpha value is -1.95. The molecule has 1 N–H and O–H groups in total. The maximum absolute atomic E-state index is 12.4. The van der Waals surface area contributed by atoms with E-state index in [2.05, 4.69) is 5.32 Å². The van der Waals surface area contributed by atoms with Gasteiger partial charge in [0.15, 0.2) is 11.5 Å². The third-order valence-electron chi connectivity index (χ3n) is 4.25. The second-order valence-electron chi connectivity index (χ2n) is 5.52. The Balaban J connectivity index is 2.46. The van der Waals surface area contributed by atoms with Crippen molar-refractivity contribution in [3.63, 3.8) is 0 Å². The molecule has 1 fully saturated rings. The van der Waals surface area contributed by atoms with Crippen molar-refractivity contribution in [1.82, 2.24) is 5.32 Å². The maximum atomic E-state index is 12.4. The fourth-order valence-corrected chi connectivity index (χ4v) is 3.10. The van der Waals surface area contributed by atoms with E-state index in [0.717, 1.165) is 31.4 Å². The number of nitrogens with one attached hydrogen (secondary N) is 1. The van der Waals surface area contributed by atoms with Gasteiger partial charge in [0.25, 0.3) is 0 Å². The highest BCUT2D eigenvalue weighted by Gasteiger charge is 2.33. The molecule has 128 valence electrons. The van der Waals surface area contributed by atoms with Crippen LogP contribution in [0.4, 0.5) is 0 Å². The fourth-order valence-electron chi connectivity index (χ4n) is 3.10. The first-order valence-electron chi connectivity index (χ1n) is 7.77. The van der Waals surface area contributed by atoms with Gasteiger partial charge in [0.2, 0.25) is 5.75 Å². The van der Waals surface area contributed by atoms with E-state index in [1.165, 1.54) is 7.11 Å². The van der Waals surface area contributed by atoms with E-state index in [1.54, 1.807) is 21.3 Å². The number of piperidine rings is 1. The molecule has 0 aromatic heterocycles. The molecule has 0 saturated carbocycles. The van der Waals surface area contributed by atoms with Gasteiger partial charge in [0.05, 0.1) is 34.4 Å². The maximum Gasteiger partial charge on any atom is 0.314 e. The molecule has 6 heteroatoms. The minimum absolute atomic E-state index is 0.0407. The summed E-state index contributed by atoms with van der Waals surface area (Å²) in [5, 5.41) is 3.42. The van der Waals surface area contributed by atoms with Crippen LogP contribution in [-0.2, 0) is 9.53 Å². The molecule has 0 unspecified atom stereocenters. The first-order valence-corrected chi connectivity index (χ1v) is 7.77. The molecule has 1 aliphatic heterocycles. The third kappa shape index (κ3) is 3.69. The van der Waals surface area contributed by atoms with Crippen molar-refractivity contribution >= 4 is 5.97 Å². The number of benzene rings is 1. The first-order chi connectivity index (χ1) is 11.2. The highest BCUT2D eigenvalue weighted by Crippen LogP contribution is 2.41. The zero-order chi connectivity index (χ0) is 16.8. The fraction of sp³-hybridized carbons (Fsp3) is 0.588. The van der Waals surface area contributed by atoms with Gasteiger partial charge in [-0.1, -0.05) is 6.42 Å². The lowest BCUT2D eigenvalue weighted by Crippen LogP contribution is -2.42. The van der Waals surface area contributed by atoms with Crippen molar-refractivity contribution in [2.24, 2.45) is 0 Å². The Bertz CT molecular complexity index is 515. The van der Waals surface area contributed by atoms with Gasteiger partial charge in [0.1, 0.15) is 0 Å². The van der Waals surface area contributed by atoms with Crippen LogP contribution in [0.5, 0.6) is 17.2 Å². The van der Waals surface area contributed by atoms with Gasteiger partial charge in [-0.05, 0) is 37.1 Å². The summed E-state index contributed by atoms with van der Waals surface area (Å²) >= 11 is 0. The van der Waals surface area contributed by atoms with Crippen LogP contribution < -0.4 is 19.5 Å². The van der Waals surface area contributed by atoms with Crippen LogP contribution in [0.25, 0.3) is 0 Å². The van der Waals surface area contributed by atoms with Crippen LogP contribution in [0, 0.1) is 0 Å². The second-order valence-corrected chi connectivity index (χ2v) is 5.52. The summed E-state index contributed by atoms with van der Waals surface area (Å²) in [7, 11) is 6.09. The smallest absolute Gasteiger partial charge is 0.314 e. The van der Waals surface area contributed by atoms with Gasteiger partial charge in [-0.3, -0.25) is 4.79 Å². The van der Waals surface area contributed by atoms with Crippen molar-refractivity contribution in [3.05, 3.63) is 17.7 Å². The molecule has 0 spiro atoms. The van der Waals surface area contributed by atoms with Crippen LogP contribution in [0.15, 0.2) is 12.1 Å². The quantitative estimate of drug-likeness (QED) is 0.809. The molecule has 1 saturated heterocycles. The first kappa shape index (κ1) is 17.4. The minimum Gasteiger partial charge on any atom is -0.493 e. The number of ether oxygens (including phenoxy) is 4. The van der Waals surface area contributed by atoms with Crippen LogP contribution in [0.3, 0.4) is 0 Å². The van der Waals surface area contributed by atoms with E-state index >= 15 is 0 Å². The van der Waals surface area contributed by atoms with E-state index in [9.17, 15) is 4.79 Å². The number of methoxy groups -OCH3 is 4. The molecule has 1 aliphatic rings. The van der Waals surface area contributed by atoms with Crippen molar-refractivity contribution in [1.29, 1.82) is 0 Å². The number of esters is 1. The molecule has 6 nitrogen and oxygen atoms in total. The molecule has 0 aliphatic carbocycles. The predicted molar refractivity (Wildman–Crippen MR) is 86.5 cm³/mol. The summed E-state index contributed by atoms with van der Waals surface area (Å²) in [5.74, 6) is 0.907. The van der Waals surface area contributed by atoms with E-state index in [-0.39, 0.29) is 12.0 Å². The van der Waals surface area contributed by atoms with Gasteiger partial charge in [-0.25, -0.2) is 0 Å². The van der Waals surface area contributed by atoms with Gasteiger partial charge < -0.3 is 24.3 Å². The molecule has 1 aromatic rings. The number of carbonyl (C=O) groups is 1. The van der Waals surface area contributed by atoms with Crippen molar-refractivity contribution in [2.75, 3.05) is 35.0 Å². The van der Waals surface area contributed by atoms with Crippen LogP contribution in [0.1, 0.15) is 30.7 Å². The van der Waals surface area contributed by atoms with Gasteiger partial charge in [-0.2, -0.15) is 0 Å². The summed E-state index contributed by atoms with van der Waals surface area (Å²) in [6.45, 7) is 0.905. The van der Waals surface area contributed by atoms with Crippen molar-refractivity contribution in [2.45, 2.75) is 31.2 Å². The monoisotopic (exact) mass is 323 g/mol. The SMILES string of the molecule is COC(=O)[C@H](c1cc(OC)c(OC)c(OC)c1)[C@H]1CCCCN1. The molecule has 0 radical (unpaired) electrons. The van der Waals surface area contributed by atoms with E-state index < -0.39 is 5.92 Å². The molecular weight excluding hydrogens is 298 g/mol. The molecule has 1 heterocycles. The Morgan fingerprint density at radius 3 is 2.17 bits per heavy atom. The number of hydrogen-bond acceptors (Lipinski definition) is 6. The molecule has 2 rings (SSSR count). The Morgan fingerprint density at radius 2 is 1.74 bits per heavy atom. The van der Waals surface area contributed by atoms with E-state index in [0.29, 0.717) is 17.2 Å². The number of carbonyl (C=O) groups excluding carboxylic acids is 1. The number of rotatable bonds is 6. The second kappa shape index (κ2) is 8.06. The van der Waals surface area contributed by atoms with Gasteiger partial charge in [0, 0.05) is 6.04 Å². The lowest BCUT2D eigenvalue weighted by molar-refractivity contribution is -0.143. The topological polar surface area (TPSA) is 66.0 Å². The molecule has 0 amide bonds. The van der Waals surface area contributed by atoms with Crippen molar-refractivity contribution < 1.29 is 23.7 Å². The Kier molecular flexibility index (Phi) is 6.10. The van der Waals surface area contributed by atoms with E-state index in [4.69, 9.17) is 18.9 Å². The summed E-state index contributed by atoms with van der Waals surface area (Å²) in [6, 6.07) is 3.68. The molecule has 2 atom stereocenters. The normalized spacial score (nSPS) is 18.9. The molecular formula is C17H25NO5. The van der Waals surface area contributed by atoms with E-state index in [1.807, 2.05) is 12.1 Å². The molecule has 1 aromatic carbocycles. The van der Waals surface area contributed by atoms with Crippen LogP contribution in [-0.4, -0.2) is 47.0 Å². The summed E-state index contributed by atoms with van der Waals surface area (Å²) in [5.41, 5.74) is 0.797. The lowest BCUT2D eigenvalue weighted by Gasteiger charge is -2.30. The van der Waals surface area contributed by atoms with Crippen LogP contribution in [0.2, 0.25) is 0 Å². The Labute approximate surface area is 137 Å². The standard InChI is InChI=1S/C17H25NO5/c1-20-13-9-11(10-14(21-2)16(13)22-3)15(17(19)23-4)12-7-5-6-8-18-12/h9-10,12,15,18H,5-8H2,1-4H3/t12-,15-/m1/s1. The lowest BCUT2D eigenvalue weighted by atomic mass is 9.86. The Morgan fingerprint density at radius 1 is 1.09 bits per heavy atom. The van der Waals surface area contributed by atoms with Gasteiger partial charge in [-0.15, -0.1) is 0 Å². The molecule has 23 heavy (non-hydrogen) atoms. The highest BCUT2D eigenvalue weighted by atomic mass is 16.5. The third-order valence-corrected chi connectivity index (χ3v) is 4.25. The predicted octanol–water partition coefficient (Wildman–Crippen LogP) is 2.11. The minimum atomic E-state index is -0.408. The van der Waals surface area contributed by atoms with Gasteiger partial charge >= 0.3 is 5.97 Å². The summed E-state index contributed by atoms with van der Waals surface area (Å²) in [4.78, 5) is 12.4. The summed E-state index contributed by atoms with van der Waals surface area (Å²) < 4.78 is 21.2. The highest BCUT2D eigenvalue weighted by molar-refractivity contribution is 5.80. The zero-order valence-electron chi connectivity index (χ0n) is 14.2. The molecule has 0 bridgehead atoms. The summed E-state index contributed by atoms with van der Waals surface area (Å²) in [6.07, 6.45) is 3.14. The average Bonchev–Trinajstić information content (AvgIpc) is 2.61.